The molecular weight excluding hydrogens is 166 g/mol. The van der Waals surface area contributed by atoms with E-state index in [1.165, 1.54) is 0 Å². The van der Waals surface area contributed by atoms with Gasteiger partial charge in [0.25, 0.3) is 0 Å². The quantitative estimate of drug-likeness (QED) is 0.515. The van der Waals surface area contributed by atoms with Crippen molar-refractivity contribution in [3.05, 3.63) is 0 Å². The molecule has 0 saturated heterocycles. The minimum atomic E-state index is -0.441. The van der Waals surface area contributed by atoms with Crippen LogP contribution in [0.15, 0.2) is 0 Å². The molecule has 4 heteroatoms. The average molecular weight is 182 g/mol. The summed E-state index contributed by atoms with van der Waals surface area (Å²) < 4.78 is 0. The van der Waals surface area contributed by atoms with Gasteiger partial charge in [-0.15, -0.1) is 12.4 Å². The van der Waals surface area contributed by atoms with Gasteiger partial charge in [-0.3, -0.25) is 10.0 Å². The minimum Gasteiger partial charge on any atom is -0.289 e. The first-order chi connectivity index (χ1) is 4.54. The van der Waals surface area contributed by atoms with Crippen LogP contribution in [0.3, 0.4) is 0 Å². The third kappa shape index (κ3) is 4.22. The second kappa shape index (κ2) is 5.38. The summed E-state index contributed by atoms with van der Waals surface area (Å²) in [7, 11) is 0. The second-order valence-electron chi connectivity index (χ2n) is 3.07. The van der Waals surface area contributed by atoms with Crippen molar-refractivity contribution in [2.75, 3.05) is 0 Å². The van der Waals surface area contributed by atoms with E-state index in [-0.39, 0.29) is 18.3 Å². The first kappa shape index (κ1) is 13.3. The Kier molecular flexibility index (Phi) is 6.52. The van der Waals surface area contributed by atoms with E-state index in [0.29, 0.717) is 0 Å². The highest BCUT2D eigenvalue weighted by Crippen LogP contribution is 2.21. The third-order valence-corrected chi connectivity index (χ3v) is 1.59. The van der Waals surface area contributed by atoms with Crippen molar-refractivity contribution in [1.29, 1.82) is 0 Å². The lowest BCUT2D eigenvalue weighted by molar-refractivity contribution is -0.138. The Hall–Kier alpha value is -0.280. The summed E-state index contributed by atoms with van der Waals surface area (Å²) in [6, 6.07) is 0. The standard InChI is InChI=1S/C7H15NO2.ClH/c1-4-5-7(2,3)6(9)8-10;/h10H,4-5H2,1-3H3,(H,8,9);1H. The van der Waals surface area contributed by atoms with Crippen LogP contribution in [0.1, 0.15) is 33.6 Å². The molecule has 0 saturated carbocycles. The fourth-order valence-corrected chi connectivity index (χ4v) is 0.890. The lowest BCUT2D eigenvalue weighted by Gasteiger charge is -2.20. The number of rotatable bonds is 3. The first-order valence-electron chi connectivity index (χ1n) is 3.49. The van der Waals surface area contributed by atoms with Crippen molar-refractivity contribution in [3.8, 4) is 0 Å². The van der Waals surface area contributed by atoms with Gasteiger partial charge in [0.15, 0.2) is 0 Å². The molecule has 0 fully saturated rings. The Labute approximate surface area is 73.5 Å². The molecule has 0 unspecified atom stereocenters. The minimum absolute atomic E-state index is 0. The number of hydrogen-bond donors (Lipinski definition) is 2. The lowest BCUT2D eigenvalue weighted by atomic mass is 9.87. The van der Waals surface area contributed by atoms with E-state index in [4.69, 9.17) is 5.21 Å². The number of nitrogens with one attached hydrogen (secondary N) is 1. The molecule has 0 aliphatic heterocycles. The molecular formula is C7H16ClNO2. The van der Waals surface area contributed by atoms with Gasteiger partial charge in [-0.2, -0.15) is 0 Å². The molecule has 0 heterocycles. The Morgan fingerprint density at radius 2 is 2.00 bits per heavy atom. The summed E-state index contributed by atoms with van der Waals surface area (Å²) in [6.45, 7) is 5.62. The molecule has 2 N–H and O–H groups in total. The van der Waals surface area contributed by atoms with E-state index in [2.05, 4.69) is 0 Å². The van der Waals surface area contributed by atoms with E-state index in [1.54, 1.807) is 5.48 Å². The van der Waals surface area contributed by atoms with E-state index >= 15 is 0 Å². The zero-order valence-electron chi connectivity index (χ0n) is 7.18. The van der Waals surface area contributed by atoms with Crippen LogP contribution in [0.5, 0.6) is 0 Å². The Balaban J connectivity index is 0. The van der Waals surface area contributed by atoms with Crippen LogP contribution in [0.2, 0.25) is 0 Å². The van der Waals surface area contributed by atoms with Gasteiger partial charge in [-0.1, -0.05) is 27.2 Å². The molecule has 0 aromatic heterocycles. The average Bonchev–Trinajstić information content (AvgIpc) is 1.86. The van der Waals surface area contributed by atoms with Crippen molar-refractivity contribution >= 4 is 18.3 Å². The summed E-state index contributed by atoms with van der Waals surface area (Å²) in [4.78, 5) is 10.9. The highest BCUT2D eigenvalue weighted by atomic mass is 35.5. The first-order valence-corrected chi connectivity index (χ1v) is 3.49. The van der Waals surface area contributed by atoms with E-state index in [0.717, 1.165) is 12.8 Å². The molecule has 0 aliphatic carbocycles. The molecule has 0 bridgehead atoms. The zero-order chi connectivity index (χ0) is 8.20. The fraction of sp³-hybridized carbons (Fsp3) is 0.857. The molecule has 0 rings (SSSR count). The van der Waals surface area contributed by atoms with Crippen molar-refractivity contribution in [2.45, 2.75) is 33.6 Å². The van der Waals surface area contributed by atoms with E-state index in [9.17, 15) is 4.79 Å². The van der Waals surface area contributed by atoms with Gasteiger partial charge in [-0.25, -0.2) is 5.48 Å². The molecule has 0 radical (unpaired) electrons. The van der Waals surface area contributed by atoms with Crippen molar-refractivity contribution in [1.82, 2.24) is 5.48 Å². The van der Waals surface area contributed by atoms with Crippen molar-refractivity contribution in [2.24, 2.45) is 5.41 Å². The largest absolute Gasteiger partial charge is 0.289 e. The smallest absolute Gasteiger partial charge is 0.248 e. The SMILES string of the molecule is CCCC(C)(C)C(=O)NO.Cl. The molecule has 11 heavy (non-hydrogen) atoms. The third-order valence-electron chi connectivity index (χ3n) is 1.59. The predicted octanol–water partition coefficient (Wildman–Crippen LogP) is 1.74. The summed E-state index contributed by atoms with van der Waals surface area (Å²) in [5, 5.41) is 8.30. The van der Waals surface area contributed by atoms with Crippen LogP contribution in [0.25, 0.3) is 0 Å². The second-order valence-corrected chi connectivity index (χ2v) is 3.07. The highest BCUT2D eigenvalue weighted by molar-refractivity contribution is 5.85. The molecule has 0 spiro atoms. The molecule has 0 aromatic carbocycles. The van der Waals surface area contributed by atoms with Crippen LogP contribution in [0, 0.1) is 5.41 Å². The number of hydroxylamine groups is 1. The number of amides is 1. The highest BCUT2D eigenvalue weighted by Gasteiger charge is 2.25. The Bertz CT molecular complexity index is 126. The zero-order valence-corrected chi connectivity index (χ0v) is 7.99. The summed E-state index contributed by atoms with van der Waals surface area (Å²) in [5.74, 6) is -0.311. The Morgan fingerprint density at radius 1 is 1.55 bits per heavy atom. The van der Waals surface area contributed by atoms with Crippen LogP contribution >= 0.6 is 12.4 Å². The van der Waals surface area contributed by atoms with E-state index in [1.807, 2.05) is 20.8 Å². The molecule has 68 valence electrons. The van der Waals surface area contributed by atoms with Gasteiger partial charge < -0.3 is 0 Å². The van der Waals surface area contributed by atoms with Crippen LogP contribution < -0.4 is 5.48 Å². The maximum Gasteiger partial charge on any atom is 0.248 e. The Morgan fingerprint density at radius 3 is 2.27 bits per heavy atom. The van der Waals surface area contributed by atoms with Crippen molar-refractivity contribution in [3.63, 3.8) is 0 Å². The number of carbonyl (C=O) groups excluding carboxylic acids is 1. The predicted molar refractivity (Wildman–Crippen MR) is 45.9 cm³/mol. The van der Waals surface area contributed by atoms with Gasteiger partial charge in [0, 0.05) is 5.41 Å². The summed E-state index contributed by atoms with van der Waals surface area (Å²) >= 11 is 0. The van der Waals surface area contributed by atoms with E-state index < -0.39 is 5.41 Å². The summed E-state index contributed by atoms with van der Waals surface area (Å²) in [5.41, 5.74) is 1.21. The topological polar surface area (TPSA) is 49.3 Å². The monoisotopic (exact) mass is 181 g/mol. The number of hydrogen-bond acceptors (Lipinski definition) is 2. The molecule has 0 aliphatic rings. The van der Waals surface area contributed by atoms with Crippen LogP contribution in [0.4, 0.5) is 0 Å². The van der Waals surface area contributed by atoms with Gasteiger partial charge in [0.05, 0.1) is 0 Å². The van der Waals surface area contributed by atoms with Gasteiger partial charge in [0.2, 0.25) is 5.91 Å². The molecule has 0 atom stereocenters. The number of carbonyl (C=O) groups is 1. The molecule has 0 aromatic rings. The van der Waals surface area contributed by atoms with Gasteiger partial charge in [0.1, 0.15) is 0 Å². The molecule has 1 amide bonds. The maximum atomic E-state index is 10.9. The van der Waals surface area contributed by atoms with Gasteiger partial charge in [-0.05, 0) is 6.42 Å². The van der Waals surface area contributed by atoms with Gasteiger partial charge >= 0.3 is 0 Å². The van der Waals surface area contributed by atoms with Crippen LogP contribution in [-0.2, 0) is 4.79 Å². The number of halogens is 1. The molecule has 3 nitrogen and oxygen atoms in total. The fourth-order valence-electron chi connectivity index (χ4n) is 0.890. The lowest BCUT2D eigenvalue weighted by Crippen LogP contribution is -2.34. The summed E-state index contributed by atoms with van der Waals surface area (Å²) in [6.07, 6.45) is 1.74. The normalized spacial score (nSPS) is 10.2. The maximum absolute atomic E-state index is 10.9. The van der Waals surface area contributed by atoms with Crippen LogP contribution in [-0.4, -0.2) is 11.1 Å². The van der Waals surface area contributed by atoms with Crippen molar-refractivity contribution < 1.29 is 10.0 Å².